The minimum absolute atomic E-state index is 0.217. The van der Waals surface area contributed by atoms with Crippen molar-refractivity contribution in [3.05, 3.63) is 11.6 Å². The molecule has 6 nitrogen and oxygen atoms in total. The van der Waals surface area contributed by atoms with Gasteiger partial charge in [0.05, 0.1) is 13.2 Å². The van der Waals surface area contributed by atoms with Gasteiger partial charge in [-0.25, -0.2) is 9.59 Å². The zero-order valence-electron chi connectivity index (χ0n) is 11.8. The third kappa shape index (κ3) is 10.2. The summed E-state index contributed by atoms with van der Waals surface area (Å²) in [4.78, 5) is 22.8. The van der Waals surface area contributed by atoms with E-state index in [1.54, 1.807) is 14.2 Å². The summed E-state index contributed by atoms with van der Waals surface area (Å²) in [7, 11) is 3.15. The van der Waals surface area contributed by atoms with E-state index in [-0.39, 0.29) is 18.8 Å². The van der Waals surface area contributed by atoms with Crippen LogP contribution < -0.4 is 0 Å². The fraction of sp³-hybridized carbons (Fsp3) is 0.692. The van der Waals surface area contributed by atoms with Gasteiger partial charge in [0, 0.05) is 51.9 Å². The minimum atomic E-state index is -0.553. The van der Waals surface area contributed by atoms with Crippen LogP contribution in [0.1, 0.15) is 19.8 Å². The van der Waals surface area contributed by atoms with E-state index in [9.17, 15) is 9.59 Å². The molecule has 0 aromatic heterocycles. The lowest BCUT2D eigenvalue weighted by Gasteiger charge is -2.05. The van der Waals surface area contributed by atoms with Crippen molar-refractivity contribution in [3.63, 3.8) is 0 Å². The number of carbonyl (C=O) groups is 2. The van der Waals surface area contributed by atoms with Crippen LogP contribution in [0.4, 0.5) is 0 Å². The van der Waals surface area contributed by atoms with Crippen LogP contribution in [0, 0.1) is 0 Å². The Balaban J connectivity index is 3.88. The first-order valence-corrected chi connectivity index (χ1v) is 6.12. The van der Waals surface area contributed by atoms with E-state index in [4.69, 9.17) is 18.9 Å². The third-order valence-corrected chi connectivity index (χ3v) is 2.12. The van der Waals surface area contributed by atoms with Gasteiger partial charge in [0.1, 0.15) is 0 Å². The number of methoxy groups -OCH3 is 2. The number of esters is 2. The molecule has 0 aromatic carbocycles. The van der Waals surface area contributed by atoms with E-state index in [1.165, 1.54) is 6.92 Å². The van der Waals surface area contributed by atoms with Gasteiger partial charge in [-0.3, -0.25) is 0 Å². The topological polar surface area (TPSA) is 71.1 Å². The van der Waals surface area contributed by atoms with Crippen LogP contribution >= 0.6 is 0 Å². The molecule has 0 spiro atoms. The predicted octanol–water partition coefficient (Wildman–Crippen LogP) is 1.09. The van der Waals surface area contributed by atoms with Gasteiger partial charge < -0.3 is 18.9 Å². The Morgan fingerprint density at radius 2 is 1.42 bits per heavy atom. The van der Waals surface area contributed by atoms with E-state index in [0.29, 0.717) is 26.1 Å². The van der Waals surface area contributed by atoms with Gasteiger partial charge >= 0.3 is 11.9 Å². The van der Waals surface area contributed by atoms with Crippen LogP contribution in [0.2, 0.25) is 0 Å². The van der Waals surface area contributed by atoms with Gasteiger partial charge in [0.25, 0.3) is 0 Å². The molecule has 0 unspecified atom stereocenters. The molecule has 0 rings (SSSR count). The summed E-state index contributed by atoms with van der Waals surface area (Å²) >= 11 is 0. The molecule has 110 valence electrons. The zero-order chi connectivity index (χ0) is 14.5. The Hall–Kier alpha value is -1.40. The molecule has 6 heteroatoms. The molecule has 0 bridgehead atoms. The summed E-state index contributed by atoms with van der Waals surface area (Å²) in [6, 6.07) is 0. The van der Waals surface area contributed by atoms with Gasteiger partial charge in [-0.05, 0) is 6.92 Å². The molecule has 0 aromatic rings. The Morgan fingerprint density at radius 1 is 0.895 bits per heavy atom. The molecule has 0 aliphatic heterocycles. The molecule has 0 atom stereocenters. The highest BCUT2D eigenvalue weighted by Crippen LogP contribution is 1.99. The van der Waals surface area contributed by atoms with Crippen molar-refractivity contribution >= 4 is 11.9 Å². The van der Waals surface area contributed by atoms with E-state index in [1.807, 2.05) is 0 Å². The summed E-state index contributed by atoms with van der Waals surface area (Å²) in [5.41, 5.74) is 0.217. The second-order valence-corrected chi connectivity index (χ2v) is 3.82. The Morgan fingerprint density at radius 3 is 1.95 bits per heavy atom. The molecule has 19 heavy (non-hydrogen) atoms. The number of ether oxygens (including phenoxy) is 4. The molecular formula is C13H22O6. The molecule has 0 fully saturated rings. The highest BCUT2D eigenvalue weighted by atomic mass is 16.5. The summed E-state index contributed by atoms with van der Waals surface area (Å²) in [5, 5.41) is 0. The minimum Gasteiger partial charge on any atom is -0.462 e. The van der Waals surface area contributed by atoms with E-state index >= 15 is 0 Å². The standard InChI is InChI=1S/C13H22O6/c1-11(13(15)19-9-5-7-17-3)10-12(14)18-8-4-6-16-2/h10H,4-9H2,1-3H3/b11-10-. The first-order valence-electron chi connectivity index (χ1n) is 6.12. The molecule has 0 N–H and O–H groups in total. The van der Waals surface area contributed by atoms with Crippen molar-refractivity contribution in [2.24, 2.45) is 0 Å². The first-order chi connectivity index (χ1) is 9.11. The molecule has 0 aliphatic rings. The molecule has 0 heterocycles. The van der Waals surface area contributed by atoms with E-state index in [0.717, 1.165) is 6.08 Å². The predicted molar refractivity (Wildman–Crippen MR) is 68.7 cm³/mol. The lowest BCUT2D eigenvalue weighted by molar-refractivity contribution is -0.141. The third-order valence-electron chi connectivity index (χ3n) is 2.12. The average molecular weight is 274 g/mol. The maximum Gasteiger partial charge on any atom is 0.333 e. The lowest BCUT2D eigenvalue weighted by atomic mass is 10.3. The van der Waals surface area contributed by atoms with Crippen molar-refractivity contribution in [1.29, 1.82) is 0 Å². The molecule has 0 radical (unpaired) electrons. The zero-order valence-corrected chi connectivity index (χ0v) is 11.8. The Labute approximate surface area is 113 Å². The van der Waals surface area contributed by atoms with Gasteiger partial charge in [0.15, 0.2) is 0 Å². The monoisotopic (exact) mass is 274 g/mol. The summed E-state index contributed by atoms with van der Waals surface area (Å²) in [6.45, 7) is 3.09. The van der Waals surface area contributed by atoms with Crippen molar-refractivity contribution in [2.45, 2.75) is 19.8 Å². The lowest BCUT2D eigenvalue weighted by Crippen LogP contribution is -2.11. The van der Waals surface area contributed by atoms with Crippen molar-refractivity contribution in [3.8, 4) is 0 Å². The van der Waals surface area contributed by atoms with Crippen molar-refractivity contribution in [2.75, 3.05) is 40.6 Å². The molecular weight excluding hydrogens is 252 g/mol. The van der Waals surface area contributed by atoms with Crippen LogP contribution in [0.15, 0.2) is 11.6 Å². The number of hydrogen-bond donors (Lipinski definition) is 0. The highest BCUT2D eigenvalue weighted by molar-refractivity contribution is 5.95. The summed E-state index contributed by atoms with van der Waals surface area (Å²) in [6.07, 6.45) is 2.37. The maximum absolute atomic E-state index is 11.5. The second-order valence-electron chi connectivity index (χ2n) is 3.82. The van der Waals surface area contributed by atoms with Crippen LogP contribution in [0.25, 0.3) is 0 Å². The second kappa shape index (κ2) is 11.7. The largest absolute Gasteiger partial charge is 0.462 e. The number of hydrogen-bond acceptors (Lipinski definition) is 6. The van der Waals surface area contributed by atoms with Gasteiger partial charge in [0.2, 0.25) is 0 Å². The van der Waals surface area contributed by atoms with Gasteiger partial charge in [-0.2, -0.15) is 0 Å². The Kier molecular flexibility index (Phi) is 10.8. The maximum atomic E-state index is 11.5. The van der Waals surface area contributed by atoms with Crippen molar-refractivity contribution < 1.29 is 28.5 Å². The van der Waals surface area contributed by atoms with Crippen LogP contribution in [0.5, 0.6) is 0 Å². The molecule has 0 aliphatic carbocycles. The average Bonchev–Trinajstić information content (AvgIpc) is 2.39. The number of rotatable bonds is 10. The number of carbonyl (C=O) groups excluding carboxylic acids is 2. The molecule has 0 saturated heterocycles. The fourth-order valence-corrected chi connectivity index (χ4v) is 1.14. The van der Waals surface area contributed by atoms with Gasteiger partial charge in [-0.1, -0.05) is 0 Å². The van der Waals surface area contributed by atoms with Crippen LogP contribution in [0.3, 0.4) is 0 Å². The smallest absolute Gasteiger partial charge is 0.333 e. The normalized spacial score (nSPS) is 11.2. The van der Waals surface area contributed by atoms with Crippen molar-refractivity contribution in [1.82, 2.24) is 0 Å². The van der Waals surface area contributed by atoms with E-state index in [2.05, 4.69) is 0 Å². The van der Waals surface area contributed by atoms with Crippen LogP contribution in [-0.2, 0) is 28.5 Å². The van der Waals surface area contributed by atoms with Gasteiger partial charge in [-0.15, -0.1) is 0 Å². The highest BCUT2D eigenvalue weighted by Gasteiger charge is 2.08. The Bertz CT molecular complexity index is 298. The summed E-state index contributed by atoms with van der Waals surface area (Å²) < 4.78 is 19.5. The SMILES string of the molecule is COCCCOC(=O)/C=C(/C)C(=O)OCCCOC. The quantitative estimate of drug-likeness (QED) is 0.337. The fourth-order valence-electron chi connectivity index (χ4n) is 1.14. The van der Waals surface area contributed by atoms with Crippen LogP contribution in [-0.4, -0.2) is 52.6 Å². The molecule has 0 amide bonds. The molecule has 0 saturated carbocycles. The summed E-state index contributed by atoms with van der Waals surface area (Å²) in [5.74, 6) is -1.08. The van der Waals surface area contributed by atoms with E-state index < -0.39 is 11.9 Å². The first kappa shape index (κ1) is 17.6.